The highest BCUT2D eigenvalue weighted by Gasteiger charge is 2.27. The van der Waals surface area contributed by atoms with Crippen LogP contribution in [0.3, 0.4) is 0 Å². The van der Waals surface area contributed by atoms with Crippen LogP contribution in [0.4, 0.5) is 5.69 Å². The minimum Gasteiger partial charge on any atom is -0.495 e. The third-order valence-corrected chi connectivity index (χ3v) is 7.54. The van der Waals surface area contributed by atoms with Crippen LogP contribution in [0.5, 0.6) is 5.75 Å². The summed E-state index contributed by atoms with van der Waals surface area (Å²) in [6.45, 7) is 3.13. The Morgan fingerprint density at radius 3 is 2.55 bits per heavy atom. The number of methoxy groups -OCH3 is 1. The van der Waals surface area contributed by atoms with Crippen molar-refractivity contribution in [3.63, 3.8) is 0 Å². The fourth-order valence-corrected chi connectivity index (χ4v) is 5.40. The summed E-state index contributed by atoms with van der Waals surface area (Å²) in [6.07, 6.45) is 1.45. The highest BCUT2D eigenvalue weighted by molar-refractivity contribution is 7.92. The molecule has 0 spiro atoms. The van der Waals surface area contributed by atoms with E-state index in [1.54, 1.807) is 36.4 Å². The van der Waals surface area contributed by atoms with Crippen molar-refractivity contribution >= 4 is 50.4 Å². The molecule has 0 saturated carbocycles. The van der Waals surface area contributed by atoms with Crippen LogP contribution in [0.1, 0.15) is 20.0 Å². The average Bonchev–Trinajstić information content (AvgIpc) is 3.27. The Hall–Kier alpha value is -3.14. The Kier molecular flexibility index (Phi) is 7.91. The van der Waals surface area contributed by atoms with E-state index < -0.39 is 28.4 Å². The summed E-state index contributed by atoms with van der Waals surface area (Å²) >= 11 is 6.90. The molecular weight excluding hydrogens is 486 g/mol. The Morgan fingerprint density at radius 1 is 1.12 bits per heavy atom. The second kappa shape index (κ2) is 10.7. The topological polar surface area (TPSA) is 90.0 Å². The van der Waals surface area contributed by atoms with Gasteiger partial charge in [0.05, 0.1) is 39.0 Å². The zero-order valence-electron chi connectivity index (χ0n) is 17.6. The van der Waals surface area contributed by atoms with Gasteiger partial charge in [0.15, 0.2) is 6.61 Å². The summed E-state index contributed by atoms with van der Waals surface area (Å²) in [5.74, 6) is -0.862. The Morgan fingerprint density at radius 2 is 1.88 bits per heavy atom. The van der Waals surface area contributed by atoms with Gasteiger partial charge in [-0.1, -0.05) is 35.9 Å². The molecule has 0 saturated heterocycles. The fraction of sp³-hybridized carbons (Fsp3) is 0.130. The van der Waals surface area contributed by atoms with E-state index in [2.05, 4.69) is 6.58 Å². The number of halogens is 1. The number of anilines is 1. The van der Waals surface area contributed by atoms with Crippen molar-refractivity contribution in [2.75, 3.05) is 24.6 Å². The number of carbonyl (C=O) groups is 2. The summed E-state index contributed by atoms with van der Waals surface area (Å²) in [5, 5.41) is 0. The van der Waals surface area contributed by atoms with E-state index in [4.69, 9.17) is 21.1 Å². The van der Waals surface area contributed by atoms with Crippen LogP contribution in [0.2, 0.25) is 4.34 Å². The van der Waals surface area contributed by atoms with E-state index in [1.807, 2.05) is 0 Å². The van der Waals surface area contributed by atoms with E-state index in [1.165, 1.54) is 37.5 Å². The van der Waals surface area contributed by atoms with Gasteiger partial charge in [-0.05, 0) is 42.5 Å². The molecule has 7 nitrogen and oxygen atoms in total. The number of para-hydroxylation sites is 2. The van der Waals surface area contributed by atoms with Gasteiger partial charge < -0.3 is 9.47 Å². The van der Waals surface area contributed by atoms with Gasteiger partial charge in [-0.15, -0.1) is 17.9 Å². The number of rotatable bonds is 10. The lowest BCUT2D eigenvalue weighted by Crippen LogP contribution is -2.31. The summed E-state index contributed by atoms with van der Waals surface area (Å²) in [4.78, 5) is 24.9. The van der Waals surface area contributed by atoms with Crippen molar-refractivity contribution in [3.05, 3.63) is 88.1 Å². The number of Topliss-reactive ketones (excluding diaryl/α,β-unsaturated/α-hetero) is 1. The number of hydrogen-bond acceptors (Lipinski definition) is 7. The molecule has 3 rings (SSSR count). The van der Waals surface area contributed by atoms with Gasteiger partial charge in [-0.3, -0.25) is 9.10 Å². The molecule has 0 N–H and O–H groups in total. The van der Waals surface area contributed by atoms with Crippen LogP contribution >= 0.6 is 22.9 Å². The maximum absolute atomic E-state index is 13.4. The first-order chi connectivity index (χ1) is 15.8. The molecule has 10 heteroatoms. The molecule has 0 bridgehead atoms. The van der Waals surface area contributed by atoms with Gasteiger partial charge >= 0.3 is 5.97 Å². The first kappa shape index (κ1) is 24.5. The molecule has 172 valence electrons. The minimum atomic E-state index is -4.08. The van der Waals surface area contributed by atoms with E-state index in [-0.39, 0.29) is 17.0 Å². The van der Waals surface area contributed by atoms with Crippen LogP contribution in [-0.2, 0) is 14.8 Å². The van der Waals surface area contributed by atoms with Gasteiger partial charge in [-0.25, -0.2) is 13.2 Å². The Balaban J connectivity index is 1.85. The van der Waals surface area contributed by atoms with Gasteiger partial charge in [0.2, 0.25) is 5.78 Å². The monoisotopic (exact) mass is 505 g/mol. The molecule has 0 fully saturated rings. The van der Waals surface area contributed by atoms with Crippen LogP contribution in [-0.4, -0.2) is 40.4 Å². The normalized spacial score (nSPS) is 11.0. The van der Waals surface area contributed by atoms with Gasteiger partial charge in [0.25, 0.3) is 10.0 Å². The number of esters is 1. The van der Waals surface area contributed by atoms with E-state index in [9.17, 15) is 18.0 Å². The van der Waals surface area contributed by atoms with Gasteiger partial charge in [0.1, 0.15) is 5.75 Å². The molecule has 0 aliphatic rings. The number of thiophene rings is 1. The molecule has 1 aromatic heterocycles. The summed E-state index contributed by atoms with van der Waals surface area (Å²) in [5.41, 5.74) is 0.319. The average molecular weight is 506 g/mol. The van der Waals surface area contributed by atoms with Crippen molar-refractivity contribution in [3.8, 4) is 5.75 Å². The molecule has 0 aliphatic heterocycles. The summed E-state index contributed by atoms with van der Waals surface area (Å²) in [6, 6.07) is 15.2. The van der Waals surface area contributed by atoms with Crippen molar-refractivity contribution in [1.29, 1.82) is 0 Å². The lowest BCUT2D eigenvalue weighted by atomic mass is 10.2. The largest absolute Gasteiger partial charge is 0.495 e. The molecule has 0 radical (unpaired) electrons. The molecule has 0 aliphatic carbocycles. The maximum atomic E-state index is 13.4. The predicted octanol–water partition coefficient (Wildman–Crippen LogP) is 4.83. The number of sulfonamides is 1. The molecule has 3 aromatic rings. The van der Waals surface area contributed by atoms with Gasteiger partial charge in [-0.2, -0.15) is 0 Å². The van der Waals surface area contributed by atoms with Crippen LogP contribution in [0.25, 0.3) is 0 Å². The molecule has 1 heterocycles. The minimum absolute atomic E-state index is 0.00772. The third-order valence-electron chi connectivity index (χ3n) is 4.49. The molecule has 0 atom stereocenters. The first-order valence-corrected chi connectivity index (χ1v) is 12.2. The fourth-order valence-electron chi connectivity index (χ4n) is 2.94. The molecule has 2 aromatic carbocycles. The molecular formula is C23H20ClNO6S2. The van der Waals surface area contributed by atoms with E-state index in [0.717, 1.165) is 15.6 Å². The number of hydrogen-bond donors (Lipinski definition) is 0. The summed E-state index contributed by atoms with van der Waals surface area (Å²) in [7, 11) is -2.64. The summed E-state index contributed by atoms with van der Waals surface area (Å²) < 4.78 is 38.8. The number of carbonyl (C=O) groups excluding carboxylic acids is 2. The number of ether oxygens (including phenoxy) is 2. The number of nitrogens with zero attached hydrogens (tertiary/aromatic N) is 1. The molecule has 0 unspecified atom stereocenters. The van der Waals surface area contributed by atoms with Crippen LogP contribution < -0.4 is 9.04 Å². The quantitative estimate of drug-likeness (QED) is 0.223. The second-order valence-electron chi connectivity index (χ2n) is 6.63. The maximum Gasteiger partial charge on any atom is 0.338 e. The first-order valence-electron chi connectivity index (χ1n) is 9.60. The molecule has 0 amide bonds. The highest BCUT2D eigenvalue weighted by atomic mass is 35.5. The number of benzene rings is 2. The molecule has 33 heavy (non-hydrogen) atoms. The van der Waals surface area contributed by atoms with E-state index in [0.29, 0.717) is 20.7 Å². The zero-order chi connectivity index (χ0) is 24.0. The lowest BCUT2D eigenvalue weighted by Gasteiger charge is -2.25. The lowest BCUT2D eigenvalue weighted by molar-refractivity contribution is 0.0475. The Bertz CT molecular complexity index is 1290. The number of ketones is 1. The van der Waals surface area contributed by atoms with Crippen LogP contribution in [0.15, 0.2) is 78.2 Å². The van der Waals surface area contributed by atoms with Crippen molar-refractivity contribution in [2.45, 2.75) is 4.90 Å². The van der Waals surface area contributed by atoms with Crippen molar-refractivity contribution in [1.82, 2.24) is 0 Å². The van der Waals surface area contributed by atoms with Crippen molar-refractivity contribution in [2.24, 2.45) is 0 Å². The SMILES string of the molecule is C=CCN(c1ccccc1OC)S(=O)(=O)c1cccc(C(=O)OCC(=O)c2ccc(Cl)s2)c1. The smallest absolute Gasteiger partial charge is 0.338 e. The standard InChI is InChI=1S/C23H20ClNO6S2/c1-3-13-25(18-9-4-5-10-20(18)30-2)33(28,29)17-8-6-7-16(14-17)23(27)31-15-19(26)21-11-12-22(24)32-21/h3-12,14H,1,13,15H2,2H3. The van der Waals surface area contributed by atoms with E-state index >= 15 is 0 Å². The van der Waals surface area contributed by atoms with Crippen molar-refractivity contribution < 1.29 is 27.5 Å². The highest BCUT2D eigenvalue weighted by Crippen LogP contribution is 2.32. The zero-order valence-corrected chi connectivity index (χ0v) is 20.0. The second-order valence-corrected chi connectivity index (χ2v) is 10.2. The Labute approximate surface area is 200 Å². The van der Waals surface area contributed by atoms with Gasteiger partial charge in [0, 0.05) is 0 Å². The third kappa shape index (κ3) is 5.62. The predicted molar refractivity (Wildman–Crippen MR) is 128 cm³/mol. The van der Waals surface area contributed by atoms with Crippen LogP contribution in [0, 0.1) is 0 Å².